The van der Waals surface area contributed by atoms with E-state index in [4.69, 9.17) is 10.5 Å². The van der Waals surface area contributed by atoms with Crippen molar-refractivity contribution in [2.75, 3.05) is 13.7 Å². The van der Waals surface area contributed by atoms with Gasteiger partial charge in [0.2, 0.25) is 0 Å². The Labute approximate surface area is 121 Å². The van der Waals surface area contributed by atoms with Gasteiger partial charge in [-0.05, 0) is 49.7 Å². The molecule has 3 nitrogen and oxygen atoms in total. The molecular weight excluding hydrogens is 250 g/mol. The Morgan fingerprint density at radius 2 is 1.95 bits per heavy atom. The standard InChI is InChI=1S/C17H25NO2/c1-20-14-7-10-17(19,11-8-14)16(12-18)9-6-13-4-2-3-5-15(13)16/h2-5,14,19H,6-12,18H2,1H3. The normalized spacial score (nSPS) is 36.9. The average Bonchev–Trinajstić information content (AvgIpc) is 2.88. The molecule has 0 aliphatic heterocycles. The number of aryl methyl sites for hydroxylation is 1. The third-order valence-electron chi connectivity index (χ3n) is 5.69. The SMILES string of the molecule is COC1CCC(O)(C2(CN)CCc3ccccc32)CC1. The minimum absolute atomic E-state index is 0.262. The Kier molecular flexibility index (Phi) is 3.61. The van der Waals surface area contributed by atoms with E-state index in [1.807, 2.05) is 0 Å². The lowest BCUT2D eigenvalue weighted by Crippen LogP contribution is -2.57. The fraction of sp³-hybridized carbons (Fsp3) is 0.647. The molecule has 1 fully saturated rings. The van der Waals surface area contributed by atoms with Crippen LogP contribution in [0.3, 0.4) is 0 Å². The number of methoxy groups -OCH3 is 1. The van der Waals surface area contributed by atoms with Crippen LogP contribution < -0.4 is 5.73 Å². The molecule has 0 saturated heterocycles. The van der Waals surface area contributed by atoms with Gasteiger partial charge in [0.15, 0.2) is 0 Å². The van der Waals surface area contributed by atoms with Crippen molar-refractivity contribution in [1.82, 2.24) is 0 Å². The summed E-state index contributed by atoms with van der Waals surface area (Å²) in [5.41, 5.74) is 7.88. The van der Waals surface area contributed by atoms with Gasteiger partial charge in [0.25, 0.3) is 0 Å². The number of fused-ring (bicyclic) bond motifs is 1. The summed E-state index contributed by atoms with van der Waals surface area (Å²) >= 11 is 0. The lowest BCUT2D eigenvalue weighted by molar-refractivity contribution is -0.0932. The second-order valence-corrected chi connectivity index (χ2v) is 6.41. The summed E-state index contributed by atoms with van der Waals surface area (Å²) in [6, 6.07) is 8.49. The number of nitrogens with two attached hydrogens (primary N) is 1. The number of hydrogen-bond donors (Lipinski definition) is 2. The molecule has 1 atom stereocenters. The van der Waals surface area contributed by atoms with E-state index in [1.54, 1.807) is 7.11 Å². The summed E-state index contributed by atoms with van der Waals surface area (Å²) in [6.07, 6.45) is 5.73. The third kappa shape index (κ3) is 1.92. The van der Waals surface area contributed by atoms with Crippen LogP contribution in [-0.2, 0) is 16.6 Å². The highest BCUT2D eigenvalue weighted by atomic mass is 16.5. The first-order valence-electron chi connectivity index (χ1n) is 7.69. The maximum atomic E-state index is 11.3. The van der Waals surface area contributed by atoms with Crippen molar-refractivity contribution in [2.45, 2.75) is 55.6 Å². The first-order valence-corrected chi connectivity index (χ1v) is 7.69. The van der Waals surface area contributed by atoms with Gasteiger partial charge in [-0.3, -0.25) is 0 Å². The molecule has 0 radical (unpaired) electrons. The summed E-state index contributed by atoms with van der Waals surface area (Å²) in [5, 5.41) is 11.3. The molecule has 3 heteroatoms. The smallest absolute Gasteiger partial charge is 0.0758 e. The van der Waals surface area contributed by atoms with E-state index in [1.165, 1.54) is 11.1 Å². The predicted octanol–water partition coefficient (Wildman–Crippen LogP) is 2.15. The number of hydrogen-bond acceptors (Lipinski definition) is 3. The van der Waals surface area contributed by atoms with Gasteiger partial charge in [-0.1, -0.05) is 24.3 Å². The van der Waals surface area contributed by atoms with Crippen LogP contribution in [0.15, 0.2) is 24.3 Å². The number of rotatable bonds is 3. The van der Waals surface area contributed by atoms with Gasteiger partial charge in [-0.25, -0.2) is 0 Å². The number of aliphatic hydroxyl groups is 1. The highest BCUT2D eigenvalue weighted by Gasteiger charge is 2.54. The molecule has 1 unspecified atom stereocenters. The van der Waals surface area contributed by atoms with E-state index in [-0.39, 0.29) is 5.41 Å². The van der Waals surface area contributed by atoms with Crippen LogP contribution in [0.1, 0.15) is 43.2 Å². The molecule has 110 valence electrons. The van der Waals surface area contributed by atoms with Crippen LogP contribution in [0.2, 0.25) is 0 Å². The largest absolute Gasteiger partial charge is 0.389 e. The van der Waals surface area contributed by atoms with Crippen molar-refractivity contribution >= 4 is 0 Å². The summed E-state index contributed by atoms with van der Waals surface area (Å²) < 4.78 is 5.44. The molecule has 20 heavy (non-hydrogen) atoms. The number of ether oxygens (including phenoxy) is 1. The maximum absolute atomic E-state index is 11.3. The molecule has 1 aromatic carbocycles. The van der Waals surface area contributed by atoms with Crippen molar-refractivity contribution in [3.8, 4) is 0 Å². The van der Waals surface area contributed by atoms with Crippen LogP contribution in [0.5, 0.6) is 0 Å². The Morgan fingerprint density at radius 3 is 2.60 bits per heavy atom. The molecule has 0 aromatic heterocycles. The van der Waals surface area contributed by atoms with Gasteiger partial charge in [0.05, 0.1) is 11.7 Å². The van der Waals surface area contributed by atoms with Crippen molar-refractivity contribution in [2.24, 2.45) is 5.73 Å². The van der Waals surface area contributed by atoms with Crippen LogP contribution >= 0.6 is 0 Å². The summed E-state index contributed by atoms with van der Waals surface area (Å²) in [6.45, 7) is 0.526. The van der Waals surface area contributed by atoms with E-state index in [0.717, 1.165) is 38.5 Å². The topological polar surface area (TPSA) is 55.5 Å². The van der Waals surface area contributed by atoms with Gasteiger partial charge in [0, 0.05) is 19.1 Å². The molecule has 3 rings (SSSR count). The zero-order chi connectivity index (χ0) is 14.2. The fourth-order valence-corrected chi connectivity index (χ4v) is 4.36. The molecule has 3 N–H and O–H groups in total. The molecular formula is C17H25NO2. The van der Waals surface area contributed by atoms with Gasteiger partial charge < -0.3 is 15.6 Å². The first-order chi connectivity index (χ1) is 9.65. The summed E-state index contributed by atoms with van der Waals surface area (Å²) in [5.74, 6) is 0. The van der Waals surface area contributed by atoms with E-state index < -0.39 is 5.60 Å². The first kappa shape index (κ1) is 14.1. The second kappa shape index (κ2) is 5.14. The second-order valence-electron chi connectivity index (χ2n) is 6.41. The Balaban J connectivity index is 1.95. The lowest BCUT2D eigenvalue weighted by atomic mass is 9.61. The Morgan fingerprint density at radius 1 is 1.25 bits per heavy atom. The summed E-state index contributed by atoms with van der Waals surface area (Å²) in [4.78, 5) is 0. The van der Waals surface area contributed by atoms with Gasteiger partial charge in [0.1, 0.15) is 0 Å². The zero-order valence-electron chi connectivity index (χ0n) is 12.3. The van der Waals surface area contributed by atoms with Gasteiger partial charge >= 0.3 is 0 Å². The van der Waals surface area contributed by atoms with Crippen molar-refractivity contribution in [1.29, 1.82) is 0 Å². The zero-order valence-corrected chi connectivity index (χ0v) is 12.3. The maximum Gasteiger partial charge on any atom is 0.0758 e. The summed E-state index contributed by atoms with van der Waals surface area (Å²) in [7, 11) is 1.76. The molecule has 2 aliphatic carbocycles. The lowest BCUT2D eigenvalue weighted by Gasteiger charge is -2.48. The van der Waals surface area contributed by atoms with Crippen molar-refractivity contribution < 1.29 is 9.84 Å². The van der Waals surface area contributed by atoms with E-state index in [0.29, 0.717) is 12.6 Å². The third-order valence-corrected chi connectivity index (χ3v) is 5.69. The van der Waals surface area contributed by atoms with Gasteiger partial charge in [-0.15, -0.1) is 0 Å². The Bertz CT molecular complexity index is 480. The van der Waals surface area contributed by atoms with Crippen LogP contribution in [0.25, 0.3) is 0 Å². The van der Waals surface area contributed by atoms with E-state index >= 15 is 0 Å². The Hall–Kier alpha value is -0.900. The number of benzene rings is 1. The van der Waals surface area contributed by atoms with Crippen molar-refractivity contribution in [3.63, 3.8) is 0 Å². The molecule has 1 aromatic rings. The highest BCUT2D eigenvalue weighted by Crippen LogP contribution is 2.51. The predicted molar refractivity (Wildman–Crippen MR) is 79.7 cm³/mol. The highest BCUT2D eigenvalue weighted by molar-refractivity contribution is 5.43. The molecule has 1 saturated carbocycles. The van der Waals surface area contributed by atoms with E-state index in [9.17, 15) is 5.11 Å². The molecule has 0 spiro atoms. The van der Waals surface area contributed by atoms with Crippen LogP contribution in [0, 0.1) is 0 Å². The molecule has 0 heterocycles. The quantitative estimate of drug-likeness (QED) is 0.888. The van der Waals surface area contributed by atoms with Crippen LogP contribution in [-0.4, -0.2) is 30.5 Å². The van der Waals surface area contributed by atoms with E-state index in [2.05, 4.69) is 24.3 Å². The molecule has 0 bridgehead atoms. The average molecular weight is 275 g/mol. The van der Waals surface area contributed by atoms with Gasteiger partial charge in [-0.2, -0.15) is 0 Å². The monoisotopic (exact) mass is 275 g/mol. The fourth-order valence-electron chi connectivity index (χ4n) is 4.36. The minimum atomic E-state index is -0.677. The van der Waals surface area contributed by atoms with Crippen LogP contribution in [0.4, 0.5) is 0 Å². The molecule has 2 aliphatic rings. The van der Waals surface area contributed by atoms with Crippen molar-refractivity contribution in [3.05, 3.63) is 35.4 Å². The minimum Gasteiger partial charge on any atom is -0.389 e. The molecule has 0 amide bonds.